The summed E-state index contributed by atoms with van der Waals surface area (Å²) >= 11 is 3.39. The maximum absolute atomic E-state index is 12.6. The molecule has 0 bridgehead atoms. The summed E-state index contributed by atoms with van der Waals surface area (Å²) in [5.41, 5.74) is -0.475. The zero-order valence-corrected chi connectivity index (χ0v) is 13.3. The Bertz CT molecular complexity index is 604. The summed E-state index contributed by atoms with van der Waals surface area (Å²) in [5, 5.41) is 2.68. The lowest BCUT2D eigenvalue weighted by Gasteiger charge is -2.23. The van der Waals surface area contributed by atoms with Crippen molar-refractivity contribution in [3.63, 3.8) is 0 Å². The molecule has 6 nitrogen and oxygen atoms in total. The lowest BCUT2D eigenvalue weighted by atomic mass is 9.92. The number of methoxy groups -OCH3 is 1. The van der Waals surface area contributed by atoms with Gasteiger partial charge in [0.1, 0.15) is 5.54 Å². The number of imide groups is 1. The summed E-state index contributed by atoms with van der Waals surface area (Å²) in [6.45, 7) is 1.64. The van der Waals surface area contributed by atoms with Gasteiger partial charge in [-0.1, -0.05) is 34.1 Å². The zero-order chi connectivity index (χ0) is 15.6. The molecule has 112 valence electrons. The highest BCUT2D eigenvalue weighted by molar-refractivity contribution is 9.10. The highest BCUT2D eigenvalue weighted by Gasteiger charge is 2.49. The molecule has 1 heterocycles. The number of hydrogen-bond acceptors (Lipinski definition) is 4. The average molecular weight is 355 g/mol. The highest BCUT2D eigenvalue weighted by atomic mass is 79.9. The summed E-state index contributed by atoms with van der Waals surface area (Å²) in [6.07, 6.45) is -0.0261. The van der Waals surface area contributed by atoms with Gasteiger partial charge in [-0.15, -0.1) is 0 Å². The Kier molecular flexibility index (Phi) is 4.32. The maximum Gasteiger partial charge on any atom is 0.325 e. The van der Waals surface area contributed by atoms with Crippen LogP contribution in [-0.2, 0) is 19.9 Å². The van der Waals surface area contributed by atoms with E-state index in [2.05, 4.69) is 26.0 Å². The fourth-order valence-electron chi connectivity index (χ4n) is 2.25. The quantitative estimate of drug-likeness (QED) is 0.660. The Balaban J connectivity index is 2.25. The van der Waals surface area contributed by atoms with E-state index in [0.717, 1.165) is 9.37 Å². The van der Waals surface area contributed by atoms with Crippen LogP contribution >= 0.6 is 15.9 Å². The van der Waals surface area contributed by atoms with Crippen LogP contribution in [0.2, 0.25) is 0 Å². The molecule has 0 spiro atoms. The molecule has 1 aromatic rings. The number of amides is 3. The minimum Gasteiger partial charge on any atom is -0.469 e. The molecule has 1 N–H and O–H groups in total. The van der Waals surface area contributed by atoms with Crippen molar-refractivity contribution in [2.45, 2.75) is 18.9 Å². The van der Waals surface area contributed by atoms with Crippen molar-refractivity contribution < 1.29 is 19.1 Å². The molecule has 1 aliphatic rings. The molecule has 2 rings (SSSR count). The van der Waals surface area contributed by atoms with Crippen molar-refractivity contribution in [3.05, 3.63) is 34.3 Å². The summed E-state index contributed by atoms with van der Waals surface area (Å²) in [4.78, 5) is 36.8. The van der Waals surface area contributed by atoms with Crippen molar-refractivity contribution >= 4 is 33.8 Å². The standard InChI is InChI=1S/C14H15BrN2O4/c1-14(9-5-3-4-6-10(9)15)12(19)17(13(20)16-14)8-7-11(18)21-2/h3-6H,7-8H2,1-2H3,(H,16,20)/t14-/m1/s1. The van der Waals surface area contributed by atoms with Gasteiger partial charge in [0, 0.05) is 16.6 Å². The number of esters is 1. The van der Waals surface area contributed by atoms with Gasteiger partial charge in [0.25, 0.3) is 5.91 Å². The van der Waals surface area contributed by atoms with E-state index in [1.165, 1.54) is 7.11 Å². The van der Waals surface area contributed by atoms with Crippen LogP contribution in [0.15, 0.2) is 28.7 Å². The Morgan fingerprint density at radius 3 is 2.67 bits per heavy atom. The first-order valence-electron chi connectivity index (χ1n) is 6.36. The third-order valence-electron chi connectivity index (χ3n) is 3.45. The minimum atomic E-state index is -1.15. The van der Waals surface area contributed by atoms with Crippen LogP contribution in [0.3, 0.4) is 0 Å². The molecular formula is C14H15BrN2O4. The molecule has 1 aliphatic heterocycles. The predicted octanol–water partition coefficient (Wildman–Crippen LogP) is 1.78. The Morgan fingerprint density at radius 1 is 1.38 bits per heavy atom. The molecule has 3 amide bonds. The van der Waals surface area contributed by atoms with Gasteiger partial charge in [-0.25, -0.2) is 4.79 Å². The van der Waals surface area contributed by atoms with E-state index in [1.807, 2.05) is 6.07 Å². The molecule has 7 heteroatoms. The summed E-state index contributed by atoms with van der Waals surface area (Å²) in [6, 6.07) is 6.68. The van der Waals surface area contributed by atoms with E-state index in [0.29, 0.717) is 5.56 Å². The summed E-state index contributed by atoms with van der Waals surface area (Å²) in [5.74, 6) is -0.853. The number of hydrogen-bond donors (Lipinski definition) is 1. The SMILES string of the molecule is COC(=O)CCN1C(=O)N[C@](C)(c2ccccc2Br)C1=O. The van der Waals surface area contributed by atoms with Crippen LogP contribution in [0.4, 0.5) is 4.79 Å². The molecule has 1 atom stereocenters. The van der Waals surface area contributed by atoms with E-state index in [-0.39, 0.29) is 18.9 Å². The minimum absolute atomic E-state index is 0.00260. The van der Waals surface area contributed by atoms with Crippen LogP contribution < -0.4 is 5.32 Å². The lowest BCUT2D eigenvalue weighted by Crippen LogP contribution is -2.41. The number of ether oxygens (including phenoxy) is 1. The number of benzene rings is 1. The van der Waals surface area contributed by atoms with Crippen LogP contribution in [-0.4, -0.2) is 36.5 Å². The smallest absolute Gasteiger partial charge is 0.325 e. The van der Waals surface area contributed by atoms with Crippen molar-refractivity contribution in [3.8, 4) is 0 Å². The van der Waals surface area contributed by atoms with Gasteiger partial charge in [-0.2, -0.15) is 0 Å². The fraction of sp³-hybridized carbons (Fsp3) is 0.357. The second-order valence-electron chi connectivity index (χ2n) is 4.82. The number of nitrogens with zero attached hydrogens (tertiary/aromatic N) is 1. The van der Waals surface area contributed by atoms with E-state index in [1.54, 1.807) is 25.1 Å². The van der Waals surface area contributed by atoms with Crippen LogP contribution in [0.1, 0.15) is 18.9 Å². The first-order chi connectivity index (χ1) is 9.90. The number of nitrogens with one attached hydrogen (secondary N) is 1. The average Bonchev–Trinajstić information content (AvgIpc) is 2.68. The molecule has 0 aromatic heterocycles. The Labute approximate surface area is 130 Å². The molecule has 1 saturated heterocycles. The van der Waals surface area contributed by atoms with Gasteiger partial charge in [-0.05, 0) is 13.0 Å². The van der Waals surface area contributed by atoms with Gasteiger partial charge in [0.15, 0.2) is 0 Å². The van der Waals surface area contributed by atoms with Gasteiger partial charge < -0.3 is 10.1 Å². The molecular weight excluding hydrogens is 340 g/mol. The summed E-state index contributed by atoms with van der Waals surface area (Å²) in [7, 11) is 1.26. The number of halogens is 1. The second-order valence-corrected chi connectivity index (χ2v) is 5.67. The van der Waals surface area contributed by atoms with Crippen LogP contribution in [0.25, 0.3) is 0 Å². The monoisotopic (exact) mass is 354 g/mol. The normalized spacial score (nSPS) is 21.4. The van der Waals surface area contributed by atoms with Gasteiger partial charge >= 0.3 is 12.0 Å². The fourth-order valence-corrected chi connectivity index (χ4v) is 2.94. The van der Waals surface area contributed by atoms with Crippen molar-refractivity contribution in [1.29, 1.82) is 0 Å². The van der Waals surface area contributed by atoms with Gasteiger partial charge in [-0.3, -0.25) is 14.5 Å². The molecule has 1 fully saturated rings. The van der Waals surface area contributed by atoms with Crippen molar-refractivity contribution in [2.24, 2.45) is 0 Å². The Hall–Kier alpha value is -1.89. The van der Waals surface area contributed by atoms with Crippen LogP contribution in [0.5, 0.6) is 0 Å². The van der Waals surface area contributed by atoms with E-state index >= 15 is 0 Å². The van der Waals surface area contributed by atoms with E-state index in [9.17, 15) is 14.4 Å². The first-order valence-corrected chi connectivity index (χ1v) is 7.15. The van der Waals surface area contributed by atoms with Gasteiger partial charge in [0.2, 0.25) is 0 Å². The van der Waals surface area contributed by atoms with E-state index < -0.39 is 17.5 Å². The van der Waals surface area contributed by atoms with Gasteiger partial charge in [0.05, 0.1) is 13.5 Å². The van der Waals surface area contributed by atoms with Crippen molar-refractivity contribution in [1.82, 2.24) is 10.2 Å². The van der Waals surface area contributed by atoms with E-state index in [4.69, 9.17) is 0 Å². The molecule has 0 unspecified atom stereocenters. The number of rotatable bonds is 4. The molecule has 21 heavy (non-hydrogen) atoms. The third-order valence-corrected chi connectivity index (χ3v) is 4.15. The molecule has 0 aliphatic carbocycles. The Morgan fingerprint density at radius 2 is 2.05 bits per heavy atom. The second kappa shape index (κ2) is 5.85. The predicted molar refractivity (Wildman–Crippen MR) is 78.4 cm³/mol. The number of urea groups is 1. The van der Waals surface area contributed by atoms with Crippen molar-refractivity contribution in [2.75, 3.05) is 13.7 Å². The topological polar surface area (TPSA) is 75.7 Å². The largest absolute Gasteiger partial charge is 0.469 e. The summed E-state index contributed by atoms with van der Waals surface area (Å²) < 4.78 is 5.25. The zero-order valence-electron chi connectivity index (χ0n) is 11.7. The number of carbonyl (C=O) groups is 3. The lowest BCUT2D eigenvalue weighted by molar-refractivity contribution is -0.141. The maximum atomic E-state index is 12.6. The molecule has 0 radical (unpaired) electrons. The highest BCUT2D eigenvalue weighted by Crippen LogP contribution is 2.33. The first kappa shape index (κ1) is 15.5. The molecule has 0 saturated carbocycles. The molecule has 1 aromatic carbocycles. The van der Waals surface area contributed by atoms with Crippen LogP contribution in [0, 0.1) is 0 Å². The third kappa shape index (κ3) is 2.78. The number of carbonyl (C=O) groups excluding carboxylic acids is 3.